The van der Waals surface area contributed by atoms with E-state index < -0.39 is 28.3 Å². The number of hydrogen-bond acceptors (Lipinski definition) is 3. The predicted molar refractivity (Wildman–Crippen MR) is 62.3 cm³/mol. The zero-order chi connectivity index (χ0) is 9.45. The van der Waals surface area contributed by atoms with Gasteiger partial charge in [-0.15, -0.1) is 13.2 Å². The zero-order valence-corrected chi connectivity index (χ0v) is 13.5. The number of hydrogen-bond donors (Lipinski definition) is 0. The molecule has 0 spiro atoms. The highest BCUT2D eigenvalue weighted by molar-refractivity contribution is 6.84. The van der Waals surface area contributed by atoms with Gasteiger partial charge in [0, 0.05) is 0 Å². The van der Waals surface area contributed by atoms with Crippen LogP contribution in [0.15, 0.2) is 24.6 Å². The molecule has 0 aromatic rings. The minimum Gasteiger partial charge on any atom is -0.449 e. The summed E-state index contributed by atoms with van der Waals surface area (Å²) >= 11 is 0. The average Bonchev–Trinajstić information content (AvgIpc) is 2.12. The summed E-state index contributed by atoms with van der Waals surface area (Å²) in [5.41, 5.74) is 3.72. The molecule has 0 unspecified atom stereocenters. The zero-order valence-electron chi connectivity index (χ0n) is 7.71. The first-order chi connectivity index (χ1) is 5.68. The van der Waals surface area contributed by atoms with E-state index in [0.29, 0.717) is 0 Å². The molecule has 0 aliphatic carbocycles. The summed E-state index contributed by atoms with van der Waals surface area (Å²) < 4.78 is 15.9. The molecular formula is C5H16O3Si4. The summed E-state index contributed by atoms with van der Waals surface area (Å²) in [7, 11) is -2.59. The van der Waals surface area contributed by atoms with Gasteiger partial charge in [-0.2, -0.15) is 0 Å². The molecule has 0 aliphatic rings. The van der Waals surface area contributed by atoms with Crippen molar-refractivity contribution in [2.45, 2.75) is 6.55 Å². The van der Waals surface area contributed by atoms with E-state index in [2.05, 4.69) is 13.2 Å². The lowest BCUT2D eigenvalue weighted by Crippen LogP contribution is -2.32. The van der Waals surface area contributed by atoms with Crippen molar-refractivity contribution < 1.29 is 12.3 Å². The Morgan fingerprint density at radius 3 is 2.33 bits per heavy atom. The Bertz CT molecular complexity index is 144. The minimum absolute atomic E-state index is 0.710. The van der Waals surface area contributed by atoms with Gasteiger partial charge in [0.05, 0.1) is 0 Å². The standard InChI is InChI=1S/C5H16O3Si4/c1-4-12(3,5-2)8-11-7-10-6-9/h4-5H,1-2,10-11H2,3,9H3. The molecule has 0 amide bonds. The maximum atomic E-state index is 5.62. The van der Waals surface area contributed by atoms with Crippen LogP contribution in [0.3, 0.4) is 0 Å². The average molecular weight is 237 g/mol. The molecule has 12 heavy (non-hydrogen) atoms. The van der Waals surface area contributed by atoms with Crippen LogP contribution < -0.4 is 0 Å². The van der Waals surface area contributed by atoms with Gasteiger partial charge in [-0.3, -0.25) is 0 Å². The third-order valence-corrected chi connectivity index (χ3v) is 8.32. The second-order valence-corrected chi connectivity index (χ2v) is 11.2. The summed E-state index contributed by atoms with van der Waals surface area (Å²) in [6, 6.07) is 0. The van der Waals surface area contributed by atoms with E-state index in [0.717, 1.165) is 10.5 Å². The molecular weight excluding hydrogens is 220 g/mol. The van der Waals surface area contributed by atoms with E-state index in [4.69, 9.17) is 12.3 Å². The molecule has 7 heteroatoms. The number of rotatable bonds is 7. The van der Waals surface area contributed by atoms with Crippen molar-refractivity contribution in [3.8, 4) is 0 Å². The van der Waals surface area contributed by atoms with Crippen molar-refractivity contribution in [2.24, 2.45) is 0 Å². The molecule has 0 fully saturated rings. The van der Waals surface area contributed by atoms with Crippen molar-refractivity contribution in [3.63, 3.8) is 0 Å². The Balaban J connectivity index is 3.58. The highest BCUT2D eigenvalue weighted by Gasteiger charge is 2.19. The first-order valence-electron chi connectivity index (χ1n) is 3.66. The topological polar surface area (TPSA) is 27.7 Å². The van der Waals surface area contributed by atoms with Gasteiger partial charge >= 0.3 is 0 Å². The predicted octanol–water partition coefficient (Wildman–Crippen LogP) is -1.66. The van der Waals surface area contributed by atoms with Crippen LogP contribution >= 0.6 is 0 Å². The fourth-order valence-corrected chi connectivity index (χ4v) is 6.13. The third kappa shape index (κ3) is 4.98. The maximum absolute atomic E-state index is 5.62. The van der Waals surface area contributed by atoms with E-state index in [1.54, 1.807) is 0 Å². The van der Waals surface area contributed by atoms with Crippen molar-refractivity contribution >= 4 is 38.8 Å². The lowest BCUT2D eigenvalue weighted by atomic mass is 11.2. The summed E-state index contributed by atoms with van der Waals surface area (Å²) in [6.07, 6.45) is 0. The highest BCUT2D eigenvalue weighted by Crippen LogP contribution is 2.05. The fourth-order valence-electron chi connectivity index (χ4n) is 0.487. The Hall–Kier alpha value is 0.228. The molecule has 3 nitrogen and oxygen atoms in total. The van der Waals surface area contributed by atoms with Crippen LogP contribution in [0.4, 0.5) is 0 Å². The van der Waals surface area contributed by atoms with Crippen LogP contribution in [0.1, 0.15) is 0 Å². The lowest BCUT2D eigenvalue weighted by Gasteiger charge is -2.19. The van der Waals surface area contributed by atoms with E-state index in [9.17, 15) is 0 Å². The molecule has 0 aliphatic heterocycles. The van der Waals surface area contributed by atoms with Gasteiger partial charge < -0.3 is 12.3 Å². The summed E-state index contributed by atoms with van der Waals surface area (Å²) in [5, 5.41) is 0. The second-order valence-electron chi connectivity index (χ2n) is 2.46. The van der Waals surface area contributed by atoms with Gasteiger partial charge in [0.2, 0.25) is 8.32 Å². The van der Waals surface area contributed by atoms with Gasteiger partial charge in [0.25, 0.3) is 20.0 Å². The molecule has 0 aromatic carbocycles. The quantitative estimate of drug-likeness (QED) is 0.391. The summed E-state index contributed by atoms with van der Waals surface area (Å²) in [5.74, 6) is 0. The van der Waals surface area contributed by atoms with Crippen LogP contribution in [0, 0.1) is 0 Å². The van der Waals surface area contributed by atoms with Crippen molar-refractivity contribution in [3.05, 3.63) is 24.6 Å². The Kier molecular flexibility index (Phi) is 6.84. The van der Waals surface area contributed by atoms with Gasteiger partial charge in [0.1, 0.15) is 10.5 Å². The first-order valence-corrected chi connectivity index (χ1v) is 9.35. The van der Waals surface area contributed by atoms with Crippen LogP contribution in [0.2, 0.25) is 6.55 Å². The lowest BCUT2D eigenvalue weighted by molar-refractivity contribution is 0.431. The van der Waals surface area contributed by atoms with Crippen LogP contribution in [0.5, 0.6) is 0 Å². The second kappa shape index (κ2) is 6.71. The molecule has 0 heterocycles. The molecule has 0 saturated heterocycles. The van der Waals surface area contributed by atoms with E-state index in [1.165, 1.54) is 0 Å². The van der Waals surface area contributed by atoms with Crippen LogP contribution in [-0.2, 0) is 12.3 Å². The largest absolute Gasteiger partial charge is 0.449 e. The maximum Gasteiger partial charge on any atom is 0.285 e. The van der Waals surface area contributed by atoms with Gasteiger partial charge in [0.15, 0.2) is 0 Å². The van der Waals surface area contributed by atoms with Gasteiger partial charge in [-0.1, -0.05) is 11.4 Å². The first kappa shape index (κ1) is 12.2. The summed E-state index contributed by atoms with van der Waals surface area (Å²) in [6.45, 7) is 9.49. The highest BCUT2D eigenvalue weighted by atomic mass is 28.4. The molecule has 70 valence electrons. The van der Waals surface area contributed by atoms with E-state index in [-0.39, 0.29) is 0 Å². The SMILES string of the molecule is C=C[Si](C)(C=C)O[SiH2]O[SiH2]O[SiH3]. The molecule has 0 bridgehead atoms. The molecule has 0 rings (SSSR count). The normalized spacial score (nSPS) is 13.4. The van der Waals surface area contributed by atoms with Crippen LogP contribution in [0.25, 0.3) is 0 Å². The van der Waals surface area contributed by atoms with Gasteiger partial charge in [-0.25, -0.2) is 0 Å². The summed E-state index contributed by atoms with van der Waals surface area (Å²) in [4.78, 5) is 0. The molecule has 0 radical (unpaired) electrons. The fraction of sp³-hybridized carbons (Fsp3) is 0.200. The molecule has 0 aromatic heterocycles. The van der Waals surface area contributed by atoms with Crippen molar-refractivity contribution in [1.82, 2.24) is 0 Å². The molecule has 0 saturated carbocycles. The van der Waals surface area contributed by atoms with E-state index in [1.807, 2.05) is 17.9 Å². The monoisotopic (exact) mass is 236 g/mol. The molecule has 0 N–H and O–H groups in total. The van der Waals surface area contributed by atoms with Gasteiger partial charge in [-0.05, 0) is 6.55 Å². The van der Waals surface area contributed by atoms with Crippen molar-refractivity contribution in [1.29, 1.82) is 0 Å². The van der Waals surface area contributed by atoms with Crippen molar-refractivity contribution in [2.75, 3.05) is 0 Å². The minimum atomic E-state index is -1.80. The molecule has 0 atom stereocenters. The Morgan fingerprint density at radius 1 is 1.33 bits per heavy atom. The smallest absolute Gasteiger partial charge is 0.285 e. The Morgan fingerprint density at radius 2 is 1.92 bits per heavy atom. The third-order valence-electron chi connectivity index (χ3n) is 1.47. The van der Waals surface area contributed by atoms with Crippen LogP contribution in [-0.4, -0.2) is 38.8 Å². The van der Waals surface area contributed by atoms with E-state index >= 15 is 0 Å². The Labute approximate surface area is 82.6 Å².